The predicted molar refractivity (Wildman–Crippen MR) is 69.1 cm³/mol. The van der Waals surface area contributed by atoms with Crippen molar-refractivity contribution in [3.05, 3.63) is 35.4 Å². The van der Waals surface area contributed by atoms with Crippen LogP contribution >= 0.6 is 0 Å². The minimum Gasteiger partial charge on any atom is -0.393 e. The highest BCUT2D eigenvalue weighted by molar-refractivity contribution is 5.78. The number of amides is 1. The van der Waals surface area contributed by atoms with E-state index < -0.39 is 17.8 Å². The molecule has 0 heterocycles. The first-order valence-electron chi connectivity index (χ1n) is 6.40. The third-order valence-electron chi connectivity index (χ3n) is 2.74. The van der Waals surface area contributed by atoms with Crippen LogP contribution in [0.2, 0.25) is 0 Å². The van der Waals surface area contributed by atoms with Crippen LogP contribution in [0.15, 0.2) is 24.3 Å². The Labute approximate surface area is 115 Å². The van der Waals surface area contributed by atoms with Crippen LogP contribution in [-0.2, 0) is 17.4 Å². The molecule has 0 aliphatic carbocycles. The molecule has 112 valence electrons. The molecule has 20 heavy (non-hydrogen) atoms. The summed E-state index contributed by atoms with van der Waals surface area (Å²) >= 11 is 0. The van der Waals surface area contributed by atoms with E-state index in [9.17, 15) is 18.0 Å². The molecular weight excluding hydrogens is 271 g/mol. The second-order valence-corrected chi connectivity index (χ2v) is 4.72. The normalized spacial score (nSPS) is 13.1. The first-order chi connectivity index (χ1) is 9.29. The lowest BCUT2D eigenvalue weighted by atomic mass is 10.1. The molecule has 1 rings (SSSR count). The fourth-order valence-corrected chi connectivity index (χ4v) is 1.73. The number of aliphatic hydroxyl groups is 1. The molecule has 0 aliphatic heterocycles. The topological polar surface area (TPSA) is 49.3 Å². The number of halogens is 3. The standard InChI is InChI=1S/C14H18F3NO2/c1-10(19)4-3-7-18-13(20)9-11-5-2-6-12(8-11)14(15,16)17/h2,5-6,8,10,19H,3-4,7,9H2,1H3,(H,18,20). The average Bonchev–Trinajstić information content (AvgIpc) is 2.34. The Bertz CT molecular complexity index is 444. The SMILES string of the molecule is CC(O)CCCNC(=O)Cc1cccc(C(F)(F)F)c1. The van der Waals surface area contributed by atoms with Crippen molar-refractivity contribution in [3.8, 4) is 0 Å². The molecule has 6 heteroatoms. The Kier molecular flexibility index (Phi) is 6.01. The molecule has 1 unspecified atom stereocenters. The van der Waals surface area contributed by atoms with E-state index in [1.54, 1.807) is 6.92 Å². The molecule has 0 saturated heterocycles. The van der Waals surface area contributed by atoms with Crippen molar-refractivity contribution in [3.63, 3.8) is 0 Å². The molecule has 0 fully saturated rings. The fourth-order valence-electron chi connectivity index (χ4n) is 1.73. The van der Waals surface area contributed by atoms with Crippen LogP contribution in [0.1, 0.15) is 30.9 Å². The van der Waals surface area contributed by atoms with Crippen LogP contribution in [0.25, 0.3) is 0 Å². The number of carbonyl (C=O) groups is 1. The zero-order valence-electron chi connectivity index (χ0n) is 11.2. The Morgan fingerprint density at radius 3 is 2.70 bits per heavy atom. The van der Waals surface area contributed by atoms with Crippen molar-refractivity contribution in [1.29, 1.82) is 0 Å². The van der Waals surface area contributed by atoms with E-state index in [1.807, 2.05) is 0 Å². The summed E-state index contributed by atoms with van der Waals surface area (Å²) in [7, 11) is 0. The molecule has 1 amide bonds. The summed E-state index contributed by atoms with van der Waals surface area (Å²) in [5.74, 6) is -0.324. The zero-order chi connectivity index (χ0) is 15.2. The summed E-state index contributed by atoms with van der Waals surface area (Å²) in [4.78, 5) is 11.6. The van der Waals surface area contributed by atoms with Crippen LogP contribution < -0.4 is 5.32 Å². The molecule has 3 nitrogen and oxygen atoms in total. The number of nitrogens with one attached hydrogen (secondary N) is 1. The number of aliphatic hydroxyl groups excluding tert-OH is 1. The van der Waals surface area contributed by atoms with Crippen LogP contribution in [-0.4, -0.2) is 23.7 Å². The largest absolute Gasteiger partial charge is 0.416 e. The summed E-state index contributed by atoms with van der Waals surface area (Å²) in [5, 5.41) is 11.7. The maximum atomic E-state index is 12.5. The zero-order valence-corrected chi connectivity index (χ0v) is 11.2. The van der Waals surface area contributed by atoms with Crippen molar-refractivity contribution in [2.75, 3.05) is 6.54 Å². The molecule has 1 atom stereocenters. The molecule has 0 radical (unpaired) electrons. The number of alkyl halides is 3. The van der Waals surface area contributed by atoms with Gasteiger partial charge in [0.25, 0.3) is 0 Å². The smallest absolute Gasteiger partial charge is 0.393 e. The summed E-state index contributed by atoms with van der Waals surface area (Å²) in [6, 6.07) is 4.74. The van der Waals surface area contributed by atoms with Gasteiger partial charge in [0.2, 0.25) is 5.91 Å². The second kappa shape index (κ2) is 7.28. The minimum absolute atomic E-state index is 0.0847. The fraction of sp³-hybridized carbons (Fsp3) is 0.500. The van der Waals surface area contributed by atoms with Crippen molar-refractivity contribution in [1.82, 2.24) is 5.32 Å². The Balaban J connectivity index is 2.46. The van der Waals surface area contributed by atoms with E-state index in [4.69, 9.17) is 5.11 Å². The van der Waals surface area contributed by atoms with E-state index in [-0.39, 0.29) is 12.3 Å². The van der Waals surface area contributed by atoms with Gasteiger partial charge in [-0.15, -0.1) is 0 Å². The summed E-state index contributed by atoms with van der Waals surface area (Å²) < 4.78 is 37.5. The predicted octanol–water partition coefficient (Wildman–Crippen LogP) is 2.53. The third kappa shape index (κ3) is 6.06. The van der Waals surface area contributed by atoms with E-state index in [0.717, 1.165) is 12.1 Å². The Morgan fingerprint density at radius 1 is 1.40 bits per heavy atom. The number of benzene rings is 1. The van der Waals surface area contributed by atoms with Gasteiger partial charge in [-0.25, -0.2) is 0 Å². The van der Waals surface area contributed by atoms with Gasteiger partial charge >= 0.3 is 6.18 Å². The van der Waals surface area contributed by atoms with Gasteiger partial charge in [0.05, 0.1) is 18.1 Å². The van der Waals surface area contributed by atoms with Crippen molar-refractivity contribution in [2.24, 2.45) is 0 Å². The lowest BCUT2D eigenvalue weighted by Crippen LogP contribution is -2.26. The van der Waals surface area contributed by atoms with Crippen molar-refractivity contribution >= 4 is 5.91 Å². The molecule has 0 aliphatic rings. The lowest BCUT2D eigenvalue weighted by molar-refractivity contribution is -0.137. The highest BCUT2D eigenvalue weighted by Gasteiger charge is 2.30. The monoisotopic (exact) mass is 289 g/mol. The number of hydrogen-bond acceptors (Lipinski definition) is 2. The molecular formula is C14H18F3NO2. The maximum Gasteiger partial charge on any atom is 0.416 e. The van der Waals surface area contributed by atoms with Crippen molar-refractivity contribution < 1.29 is 23.1 Å². The van der Waals surface area contributed by atoms with Gasteiger partial charge in [0, 0.05) is 6.54 Å². The van der Waals surface area contributed by atoms with Gasteiger partial charge in [-0.05, 0) is 31.4 Å². The van der Waals surface area contributed by atoms with Gasteiger partial charge in [-0.2, -0.15) is 13.2 Å². The van der Waals surface area contributed by atoms with Crippen molar-refractivity contribution in [2.45, 2.75) is 38.5 Å². The van der Waals surface area contributed by atoms with Gasteiger partial charge in [0.1, 0.15) is 0 Å². The number of hydrogen-bond donors (Lipinski definition) is 2. The van der Waals surface area contributed by atoms with Gasteiger partial charge < -0.3 is 10.4 Å². The molecule has 1 aromatic rings. The Morgan fingerprint density at radius 2 is 2.10 bits per heavy atom. The summed E-state index contributed by atoms with van der Waals surface area (Å²) in [5.41, 5.74) is -0.426. The van der Waals surface area contributed by atoms with E-state index >= 15 is 0 Å². The first kappa shape index (κ1) is 16.5. The molecule has 0 aromatic heterocycles. The van der Waals surface area contributed by atoms with Crippen LogP contribution in [0, 0.1) is 0 Å². The van der Waals surface area contributed by atoms with Gasteiger partial charge in [0.15, 0.2) is 0 Å². The average molecular weight is 289 g/mol. The van der Waals surface area contributed by atoms with E-state index in [0.29, 0.717) is 24.9 Å². The van der Waals surface area contributed by atoms with E-state index in [2.05, 4.69) is 5.32 Å². The number of carbonyl (C=O) groups excluding carboxylic acids is 1. The summed E-state index contributed by atoms with van der Waals surface area (Å²) in [6.07, 6.45) is -3.70. The van der Waals surface area contributed by atoms with Crippen LogP contribution in [0.5, 0.6) is 0 Å². The van der Waals surface area contributed by atoms with Crippen LogP contribution in [0.3, 0.4) is 0 Å². The number of rotatable bonds is 6. The van der Waals surface area contributed by atoms with Crippen LogP contribution in [0.4, 0.5) is 13.2 Å². The third-order valence-corrected chi connectivity index (χ3v) is 2.74. The van der Waals surface area contributed by atoms with E-state index in [1.165, 1.54) is 12.1 Å². The highest BCUT2D eigenvalue weighted by atomic mass is 19.4. The second-order valence-electron chi connectivity index (χ2n) is 4.72. The molecule has 0 bridgehead atoms. The minimum atomic E-state index is -4.40. The quantitative estimate of drug-likeness (QED) is 0.791. The lowest BCUT2D eigenvalue weighted by Gasteiger charge is -2.09. The summed E-state index contributed by atoms with van der Waals surface area (Å²) in [6.45, 7) is 2.06. The van der Waals surface area contributed by atoms with Gasteiger partial charge in [-0.3, -0.25) is 4.79 Å². The highest BCUT2D eigenvalue weighted by Crippen LogP contribution is 2.29. The van der Waals surface area contributed by atoms with Gasteiger partial charge in [-0.1, -0.05) is 18.2 Å². The molecule has 0 saturated carbocycles. The first-order valence-corrected chi connectivity index (χ1v) is 6.40. The molecule has 1 aromatic carbocycles. The maximum absolute atomic E-state index is 12.5. The Hall–Kier alpha value is -1.56. The molecule has 2 N–H and O–H groups in total. The molecule has 0 spiro atoms.